The third kappa shape index (κ3) is 5.96. The molecule has 0 aromatic rings. The van der Waals surface area contributed by atoms with Crippen molar-refractivity contribution in [1.82, 2.24) is 0 Å². The van der Waals surface area contributed by atoms with Gasteiger partial charge in [0.1, 0.15) is 0 Å². The van der Waals surface area contributed by atoms with E-state index in [1.54, 1.807) is 13.0 Å². The average molecular weight is 170 g/mol. The topological polar surface area (TPSA) is 26.3 Å². The zero-order valence-electron chi connectivity index (χ0n) is 8.17. The predicted molar refractivity (Wildman–Crippen MR) is 49.9 cm³/mol. The summed E-state index contributed by atoms with van der Waals surface area (Å²) >= 11 is 0. The molecule has 0 fully saturated rings. The Kier molecular flexibility index (Phi) is 6.44. The maximum absolute atomic E-state index is 10.9. The molecule has 0 radical (unpaired) electrons. The van der Waals surface area contributed by atoms with Gasteiger partial charge in [-0.05, 0) is 20.3 Å². The highest BCUT2D eigenvalue weighted by molar-refractivity contribution is 5.81. The molecule has 0 spiro atoms. The van der Waals surface area contributed by atoms with E-state index < -0.39 is 0 Å². The van der Waals surface area contributed by atoms with E-state index in [1.807, 2.05) is 6.92 Å². The van der Waals surface area contributed by atoms with Crippen molar-refractivity contribution in [2.45, 2.75) is 46.1 Å². The highest BCUT2D eigenvalue weighted by atomic mass is 16.5. The number of ether oxygens (including phenoxy) is 1. The van der Waals surface area contributed by atoms with E-state index in [4.69, 9.17) is 4.74 Å². The fourth-order valence-electron chi connectivity index (χ4n) is 0.924. The average Bonchev–Trinajstić information content (AvgIpc) is 2.01. The fraction of sp³-hybridized carbons (Fsp3) is 0.700. The molecular weight excluding hydrogens is 152 g/mol. The van der Waals surface area contributed by atoms with Crippen LogP contribution in [0.25, 0.3) is 0 Å². The molecule has 70 valence electrons. The van der Waals surface area contributed by atoms with Gasteiger partial charge in [0.25, 0.3) is 0 Å². The highest BCUT2D eigenvalue weighted by Gasteiger charge is 2.04. The number of unbranched alkanes of at least 4 members (excludes halogenated alkanes) is 1. The summed E-state index contributed by atoms with van der Waals surface area (Å²) in [4.78, 5) is 10.9. The maximum Gasteiger partial charge on any atom is 0.330 e. The summed E-state index contributed by atoms with van der Waals surface area (Å²) in [6.45, 7) is 5.86. The first-order valence-electron chi connectivity index (χ1n) is 4.54. The van der Waals surface area contributed by atoms with Crippen molar-refractivity contribution in [3.63, 3.8) is 0 Å². The second-order valence-electron chi connectivity index (χ2n) is 2.89. The van der Waals surface area contributed by atoms with Crippen LogP contribution in [0.3, 0.4) is 0 Å². The smallest absolute Gasteiger partial charge is 0.330 e. The Morgan fingerprint density at radius 1 is 1.58 bits per heavy atom. The third-order valence-electron chi connectivity index (χ3n) is 1.58. The van der Waals surface area contributed by atoms with Crippen LogP contribution < -0.4 is 0 Å². The minimum atomic E-state index is -0.235. The summed E-state index contributed by atoms with van der Waals surface area (Å²) in [6.07, 6.45) is 6.40. The predicted octanol–water partition coefficient (Wildman–Crippen LogP) is 2.68. The standard InChI is InChI=1S/C10H18O2/c1-4-6-8-9(3)12-10(11)7-5-2/h5,7,9H,4,6,8H2,1-3H3. The first-order valence-corrected chi connectivity index (χ1v) is 4.54. The lowest BCUT2D eigenvalue weighted by Crippen LogP contribution is -2.12. The van der Waals surface area contributed by atoms with Gasteiger partial charge in [0, 0.05) is 6.08 Å². The molecule has 0 saturated carbocycles. The van der Waals surface area contributed by atoms with Gasteiger partial charge in [-0.15, -0.1) is 0 Å². The summed E-state index contributed by atoms with van der Waals surface area (Å²) < 4.78 is 5.07. The molecule has 2 heteroatoms. The van der Waals surface area contributed by atoms with Gasteiger partial charge in [-0.25, -0.2) is 4.79 Å². The first-order chi connectivity index (χ1) is 5.70. The van der Waals surface area contributed by atoms with E-state index in [0.717, 1.165) is 19.3 Å². The molecule has 0 bridgehead atoms. The second kappa shape index (κ2) is 6.89. The summed E-state index contributed by atoms with van der Waals surface area (Å²) in [7, 11) is 0. The molecule has 0 aromatic carbocycles. The van der Waals surface area contributed by atoms with Gasteiger partial charge >= 0.3 is 5.97 Å². The molecule has 0 aliphatic carbocycles. The highest BCUT2D eigenvalue weighted by Crippen LogP contribution is 2.04. The monoisotopic (exact) mass is 170 g/mol. The lowest BCUT2D eigenvalue weighted by molar-refractivity contribution is -0.142. The number of allylic oxidation sites excluding steroid dienone is 1. The molecule has 1 unspecified atom stereocenters. The molecule has 0 aliphatic rings. The Labute approximate surface area is 74.6 Å². The van der Waals surface area contributed by atoms with E-state index >= 15 is 0 Å². The van der Waals surface area contributed by atoms with Gasteiger partial charge in [-0.1, -0.05) is 25.8 Å². The zero-order chi connectivity index (χ0) is 9.40. The molecular formula is C10H18O2. The lowest BCUT2D eigenvalue weighted by atomic mass is 10.2. The van der Waals surface area contributed by atoms with Crippen molar-refractivity contribution < 1.29 is 9.53 Å². The van der Waals surface area contributed by atoms with Crippen molar-refractivity contribution in [3.8, 4) is 0 Å². The quantitative estimate of drug-likeness (QED) is 0.468. The van der Waals surface area contributed by atoms with Crippen molar-refractivity contribution in [2.24, 2.45) is 0 Å². The number of rotatable bonds is 5. The summed E-state index contributed by atoms with van der Waals surface area (Å²) in [5, 5.41) is 0. The molecule has 12 heavy (non-hydrogen) atoms. The number of esters is 1. The molecule has 0 aliphatic heterocycles. The van der Waals surface area contributed by atoms with Crippen LogP contribution in [0.2, 0.25) is 0 Å². The number of hydrogen-bond donors (Lipinski definition) is 0. The van der Waals surface area contributed by atoms with Crippen LogP contribution in [-0.4, -0.2) is 12.1 Å². The zero-order valence-corrected chi connectivity index (χ0v) is 8.17. The van der Waals surface area contributed by atoms with E-state index in [9.17, 15) is 4.79 Å². The Balaban J connectivity index is 3.53. The van der Waals surface area contributed by atoms with Crippen LogP contribution >= 0.6 is 0 Å². The van der Waals surface area contributed by atoms with Gasteiger partial charge in [0.2, 0.25) is 0 Å². The molecule has 0 aromatic heterocycles. The Morgan fingerprint density at radius 3 is 2.75 bits per heavy atom. The van der Waals surface area contributed by atoms with Gasteiger partial charge in [-0.2, -0.15) is 0 Å². The van der Waals surface area contributed by atoms with E-state index in [2.05, 4.69) is 6.92 Å². The van der Waals surface area contributed by atoms with E-state index in [0.29, 0.717) is 0 Å². The summed E-state index contributed by atoms with van der Waals surface area (Å²) in [5.41, 5.74) is 0. The normalized spacial score (nSPS) is 13.2. The molecule has 0 N–H and O–H groups in total. The van der Waals surface area contributed by atoms with Crippen LogP contribution in [0.15, 0.2) is 12.2 Å². The number of carbonyl (C=O) groups excluding carboxylic acids is 1. The molecule has 2 nitrogen and oxygen atoms in total. The SMILES string of the molecule is CC=CC(=O)OC(C)CCCC. The Hall–Kier alpha value is -0.790. The van der Waals surface area contributed by atoms with Gasteiger partial charge in [0.15, 0.2) is 0 Å². The summed E-state index contributed by atoms with van der Waals surface area (Å²) in [6, 6.07) is 0. The molecule has 0 saturated heterocycles. The van der Waals surface area contributed by atoms with Crippen molar-refractivity contribution >= 4 is 5.97 Å². The number of hydrogen-bond acceptors (Lipinski definition) is 2. The second-order valence-corrected chi connectivity index (χ2v) is 2.89. The van der Waals surface area contributed by atoms with Crippen LogP contribution in [0.1, 0.15) is 40.0 Å². The molecule has 0 heterocycles. The lowest BCUT2D eigenvalue weighted by Gasteiger charge is -2.10. The Morgan fingerprint density at radius 2 is 2.25 bits per heavy atom. The van der Waals surface area contributed by atoms with Crippen LogP contribution in [0.4, 0.5) is 0 Å². The van der Waals surface area contributed by atoms with Crippen molar-refractivity contribution in [3.05, 3.63) is 12.2 Å². The summed E-state index contributed by atoms with van der Waals surface area (Å²) in [5.74, 6) is -0.235. The van der Waals surface area contributed by atoms with Crippen molar-refractivity contribution in [2.75, 3.05) is 0 Å². The fourth-order valence-corrected chi connectivity index (χ4v) is 0.924. The third-order valence-corrected chi connectivity index (χ3v) is 1.58. The van der Waals surface area contributed by atoms with Crippen LogP contribution in [-0.2, 0) is 9.53 Å². The maximum atomic E-state index is 10.9. The van der Waals surface area contributed by atoms with Gasteiger partial charge in [0.05, 0.1) is 6.10 Å². The Bertz CT molecular complexity index is 150. The van der Waals surface area contributed by atoms with Gasteiger partial charge < -0.3 is 4.74 Å². The molecule has 0 amide bonds. The minimum absolute atomic E-state index is 0.0497. The molecule has 1 atom stereocenters. The van der Waals surface area contributed by atoms with E-state index in [-0.39, 0.29) is 12.1 Å². The van der Waals surface area contributed by atoms with Crippen LogP contribution in [0, 0.1) is 0 Å². The van der Waals surface area contributed by atoms with Gasteiger partial charge in [-0.3, -0.25) is 0 Å². The minimum Gasteiger partial charge on any atom is -0.460 e. The number of carbonyl (C=O) groups is 1. The van der Waals surface area contributed by atoms with E-state index in [1.165, 1.54) is 6.08 Å². The van der Waals surface area contributed by atoms with Crippen molar-refractivity contribution in [1.29, 1.82) is 0 Å². The van der Waals surface area contributed by atoms with Crippen LogP contribution in [0.5, 0.6) is 0 Å². The first kappa shape index (κ1) is 11.2. The molecule has 0 rings (SSSR count). The largest absolute Gasteiger partial charge is 0.460 e.